The molecule has 1 aromatic carbocycles. The summed E-state index contributed by atoms with van der Waals surface area (Å²) in [5.74, 6) is -1.09. The van der Waals surface area contributed by atoms with Crippen molar-refractivity contribution in [1.82, 2.24) is 9.78 Å². The van der Waals surface area contributed by atoms with Crippen molar-refractivity contribution in [1.29, 1.82) is 0 Å². The molecule has 6 heteroatoms. The van der Waals surface area contributed by atoms with Crippen LogP contribution in [0.15, 0.2) is 41.2 Å². The molecule has 20 heavy (non-hydrogen) atoms. The molecular weight excluding hydrogens is 261 g/mol. The molecule has 0 aliphatic heterocycles. The Balaban J connectivity index is 2.28. The molecule has 0 spiro atoms. The van der Waals surface area contributed by atoms with Crippen LogP contribution in [0.4, 0.5) is 10.1 Å². The van der Waals surface area contributed by atoms with Crippen molar-refractivity contribution >= 4 is 11.6 Å². The fourth-order valence-electron chi connectivity index (χ4n) is 1.67. The Morgan fingerprint density at radius 1 is 1.25 bits per heavy atom. The van der Waals surface area contributed by atoms with E-state index in [0.29, 0.717) is 0 Å². The number of halogens is 1. The molecule has 0 bridgehead atoms. The van der Waals surface area contributed by atoms with Crippen molar-refractivity contribution < 1.29 is 9.18 Å². The van der Waals surface area contributed by atoms with Crippen LogP contribution in [-0.2, 0) is 0 Å². The number of anilines is 1. The highest BCUT2D eigenvalue weighted by Gasteiger charge is 2.12. The summed E-state index contributed by atoms with van der Waals surface area (Å²) in [6.07, 6.45) is 0. The first-order chi connectivity index (χ1) is 9.49. The minimum atomic E-state index is -0.565. The minimum absolute atomic E-state index is 0.0570. The molecule has 0 unspecified atom stereocenters. The van der Waals surface area contributed by atoms with E-state index < -0.39 is 11.7 Å². The van der Waals surface area contributed by atoms with Crippen LogP contribution < -0.4 is 10.9 Å². The van der Waals surface area contributed by atoms with E-state index in [9.17, 15) is 14.0 Å². The minimum Gasteiger partial charge on any atom is -0.318 e. The predicted molar refractivity (Wildman–Crippen MR) is 73.2 cm³/mol. The SMILES string of the molecule is CC(C)n1nc(C(=O)Nc2ccccc2F)ccc1=O. The Kier molecular flexibility index (Phi) is 3.93. The van der Waals surface area contributed by atoms with Gasteiger partial charge in [-0.3, -0.25) is 9.59 Å². The first kappa shape index (κ1) is 13.9. The van der Waals surface area contributed by atoms with Gasteiger partial charge in [-0.2, -0.15) is 5.10 Å². The maximum absolute atomic E-state index is 13.4. The summed E-state index contributed by atoms with van der Waals surface area (Å²) in [6.45, 7) is 3.57. The van der Waals surface area contributed by atoms with E-state index in [2.05, 4.69) is 10.4 Å². The Bertz CT molecular complexity index is 695. The van der Waals surface area contributed by atoms with E-state index in [4.69, 9.17) is 0 Å². The first-order valence-corrected chi connectivity index (χ1v) is 6.15. The zero-order valence-electron chi connectivity index (χ0n) is 11.1. The standard InChI is InChI=1S/C14H14FN3O2/c1-9(2)18-13(19)8-7-12(17-18)14(20)16-11-6-4-3-5-10(11)15/h3-9H,1-2H3,(H,16,20). The highest BCUT2D eigenvalue weighted by molar-refractivity contribution is 6.02. The molecule has 104 valence electrons. The average Bonchev–Trinajstić information content (AvgIpc) is 2.41. The highest BCUT2D eigenvalue weighted by atomic mass is 19.1. The molecule has 1 amide bonds. The smallest absolute Gasteiger partial charge is 0.276 e. The topological polar surface area (TPSA) is 64.0 Å². The fraction of sp³-hybridized carbons (Fsp3) is 0.214. The molecule has 2 rings (SSSR count). The van der Waals surface area contributed by atoms with E-state index in [1.165, 1.54) is 35.0 Å². The van der Waals surface area contributed by atoms with E-state index in [-0.39, 0.29) is 23.0 Å². The van der Waals surface area contributed by atoms with E-state index >= 15 is 0 Å². The third kappa shape index (κ3) is 2.90. The van der Waals surface area contributed by atoms with Gasteiger partial charge < -0.3 is 5.32 Å². The number of amides is 1. The van der Waals surface area contributed by atoms with Crippen molar-refractivity contribution in [3.8, 4) is 0 Å². The molecular formula is C14H14FN3O2. The van der Waals surface area contributed by atoms with Crippen LogP contribution in [0, 0.1) is 5.82 Å². The number of para-hydroxylation sites is 1. The first-order valence-electron chi connectivity index (χ1n) is 6.15. The number of rotatable bonds is 3. The summed E-state index contributed by atoms with van der Waals surface area (Å²) in [4.78, 5) is 23.6. The summed E-state index contributed by atoms with van der Waals surface area (Å²) in [6, 6.07) is 8.26. The van der Waals surface area contributed by atoms with Gasteiger partial charge >= 0.3 is 0 Å². The van der Waals surface area contributed by atoms with Gasteiger partial charge in [-0.15, -0.1) is 0 Å². The summed E-state index contributed by atoms with van der Waals surface area (Å²) < 4.78 is 14.7. The summed E-state index contributed by atoms with van der Waals surface area (Å²) in [5.41, 5.74) is -0.161. The van der Waals surface area contributed by atoms with Gasteiger partial charge in [0, 0.05) is 6.07 Å². The second kappa shape index (κ2) is 5.64. The molecule has 0 fully saturated rings. The Labute approximate surface area is 115 Å². The van der Waals surface area contributed by atoms with Crippen molar-refractivity contribution in [2.24, 2.45) is 0 Å². The summed E-state index contributed by atoms with van der Waals surface area (Å²) in [5, 5.41) is 6.39. The van der Waals surface area contributed by atoms with Crippen LogP contribution in [0.1, 0.15) is 30.4 Å². The van der Waals surface area contributed by atoms with Crippen LogP contribution in [0.2, 0.25) is 0 Å². The highest BCUT2D eigenvalue weighted by Crippen LogP contribution is 2.13. The van der Waals surface area contributed by atoms with E-state index in [0.717, 1.165) is 0 Å². The number of nitrogens with zero attached hydrogens (tertiary/aromatic N) is 2. The molecule has 0 aliphatic carbocycles. The van der Waals surface area contributed by atoms with Crippen LogP contribution in [-0.4, -0.2) is 15.7 Å². The maximum atomic E-state index is 13.4. The molecule has 0 saturated carbocycles. The van der Waals surface area contributed by atoms with Gasteiger partial charge in [0.25, 0.3) is 11.5 Å². The van der Waals surface area contributed by atoms with Crippen LogP contribution in [0.25, 0.3) is 0 Å². The molecule has 1 aromatic heterocycles. The largest absolute Gasteiger partial charge is 0.318 e. The third-order valence-electron chi connectivity index (χ3n) is 2.67. The number of benzene rings is 1. The molecule has 5 nitrogen and oxygen atoms in total. The number of aromatic nitrogens is 2. The lowest BCUT2D eigenvalue weighted by Gasteiger charge is -2.10. The number of hydrogen-bond donors (Lipinski definition) is 1. The van der Waals surface area contributed by atoms with Gasteiger partial charge in [-0.1, -0.05) is 12.1 Å². The molecule has 1 heterocycles. The van der Waals surface area contributed by atoms with Crippen molar-refractivity contribution in [3.63, 3.8) is 0 Å². The monoisotopic (exact) mass is 275 g/mol. The lowest BCUT2D eigenvalue weighted by atomic mass is 10.3. The third-order valence-corrected chi connectivity index (χ3v) is 2.67. The molecule has 0 aliphatic rings. The second-order valence-corrected chi connectivity index (χ2v) is 4.53. The number of nitrogens with one attached hydrogen (secondary N) is 1. The lowest BCUT2D eigenvalue weighted by Crippen LogP contribution is -2.27. The Morgan fingerprint density at radius 3 is 2.60 bits per heavy atom. The van der Waals surface area contributed by atoms with Gasteiger partial charge in [-0.25, -0.2) is 9.07 Å². The van der Waals surface area contributed by atoms with Gasteiger partial charge in [0.1, 0.15) is 11.5 Å². The van der Waals surface area contributed by atoms with E-state index in [1.807, 2.05) is 0 Å². The average molecular weight is 275 g/mol. The van der Waals surface area contributed by atoms with Crippen molar-refractivity contribution in [2.45, 2.75) is 19.9 Å². The predicted octanol–water partition coefficient (Wildman–Crippen LogP) is 2.22. The number of carbonyl (C=O) groups excluding carboxylic acids is 1. The van der Waals surface area contributed by atoms with Crippen molar-refractivity contribution in [2.75, 3.05) is 5.32 Å². The molecule has 1 N–H and O–H groups in total. The molecule has 2 aromatic rings. The fourth-order valence-corrected chi connectivity index (χ4v) is 1.67. The number of hydrogen-bond acceptors (Lipinski definition) is 3. The van der Waals surface area contributed by atoms with Crippen molar-refractivity contribution in [3.05, 3.63) is 58.3 Å². The normalized spacial score (nSPS) is 10.6. The summed E-state index contributed by atoms with van der Waals surface area (Å²) in [7, 11) is 0. The Hall–Kier alpha value is -2.50. The number of carbonyl (C=O) groups is 1. The van der Waals surface area contributed by atoms with Gasteiger partial charge in [0.05, 0.1) is 11.7 Å². The van der Waals surface area contributed by atoms with Crippen LogP contribution in [0.5, 0.6) is 0 Å². The quantitative estimate of drug-likeness (QED) is 0.934. The second-order valence-electron chi connectivity index (χ2n) is 4.53. The van der Waals surface area contributed by atoms with Gasteiger partial charge in [0.15, 0.2) is 0 Å². The van der Waals surface area contributed by atoms with Gasteiger partial charge in [0.2, 0.25) is 0 Å². The van der Waals surface area contributed by atoms with E-state index in [1.54, 1.807) is 19.9 Å². The summed E-state index contributed by atoms with van der Waals surface area (Å²) >= 11 is 0. The molecule has 0 atom stereocenters. The van der Waals surface area contributed by atoms with Crippen LogP contribution >= 0.6 is 0 Å². The lowest BCUT2D eigenvalue weighted by molar-refractivity contribution is 0.101. The molecule has 0 saturated heterocycles. The maximum Gasteiger partial charge on any atom is 0.276 e. The Morgan fingerprint density at radius 2 is 1.95 bits per heavy atom. The van der Waals surface area contributed by atoms with Gasteiger partial charge in [-0.05, 0) is 32.0 Å². The van der Waals surface area contributed by atoms with Crippen LogP contribution in [0.3, 0.4) is 0 Å². The zero-order chi connectivity index (χ0) is 14.7. The zero-order valence-corrected chi connectivity index (χ0v) is 11.1. The molecule has 0 radical (unpaired) electrons.